The Morgan fingerprint density at radius 1 is 1.04 bits per heavy atom. The molecule has 1 amide bonds. The molecule has 0 bridgehead atoms. The monoisotopic (exact) mass is 357 g/mol. The van der Waals surface area contributed by atoms with E-state index in [4.69, 9.17) is 11.6 Å². The fourth-order valence-corrected chi connectivity index (χ4v) is 3.42. The molecular weight excluding hydrogens is 334 g/mol. The summed E-state index contributed by atoms with van der Waals surface area (Å²) in [5.74, 6) is -0.0163. The van der Waals surface area contributed by atoms with Gasteiger partial charge in [0.05, 0.1) is 16.8 Å². The van der Waals surface area contributed by atoms with E-state index in [0.29, 0.717) is 10.7 Å². The first-order valence-corrected chi connectivity index (χ1v) is 9.04. The average Bonchev–Trinajstić information content (AvgIpc) is 2.63. The van der Waals surface area contributed by atoms with Crippen LogP contribution in [0.3, 0.4) is 0 Å². The van der Waals surface area contributed by atoms with E-state index in [1.54, 1.807) is 6.07 Å². The fraction of sp³-hybridized carbons (Fsp3) is 0.350. The highest BCUT2D eigenvalue weighted by atomic mass is 35.5. The Morgan fingerprint density at radius 2 is 1.68 bits per heavy atom. The summed E-state index contributed by atoms with van der Waals surface area (Å²) >= 11 is 6.13. The van der Waals surface area contributed by atoms with Gasteiger partial charge >= 0.3 is 0 Å². The lowest BCUT2D eigenvalue weighted by Crippen LogP contribution is -2.53. The van der Waals surface area contributed by atoms with Crippen molar-refractivity contribution in [3.8, 4) is 0 Å². The third-order valence-electron chi connectivity index (χ3n) is 4.83. The van der Waals surface area contributed by atoms with Crippen LogP contribution >= 0.6 is 11.6 Å². The molecule has 4 nitrogen and oxygen atoms in total. The predicted octanol–water partition coefficient (Wildman–Crippen LogP) is 3.80. The lowest BCUT2D eigenvalue weighted by Gasteiger charge is -2.39. The molecule has 0 aromatic heterocycles. The van der Waals surface area contributed by atoms with Gasteiger partial charge in [-0.15, -0.1) is 0 Å². The van der Waals surface area contributed by atoms with Gasteiger partial charge in [0.2, 0.25) is 5.91 Å². The smallest absolute Gasteiger partial charge is 0.241 e. The maximum atomic E-state index is 12.5. The van der Waals surface area contributed by atoms with Crippen molar-refractivity contribution < 1.29 is 4.79 Å². The lowest BCUT2D eigenvalue weighted by atomic mass is 10.1. The number of benzene rings is 2. The Morgan fingerprint density at radius 3 is 2.36 bits per heavy atom. The first-order chi connectivity index (χ1) is 12.1. The van der Waals surface area contributed by atoms with Gasteiger partial charge in [0.1, 0.15) is 0 Å². The van der Waals surface area contributed by atoms with Crippen LogP contribution in [0.25, 0.3) is 0 Å². The highest BCUT2D eigenvalue weighted by molar-refractivity contribution is 6.33. The summed E-state index contributed by atoms with van der Waals surface area (Å²) < 4.78 is 0. The van der Waals surface area contributed by atoms with Crippen LogP contribution in [-0.2, 0) is 4.79 Å². The van der Waals surface area contributed by atoms with Gasteiger partial charge in [-0.3, -0.25) is 9.69 Å². The molecule has 1 atom stereocenters. The van der Waals surface area contributed by atoms with E-state index in [2.05, 4.69) is 46.3 Å². The van der Waals surface area contributed by atoms with Crippen molar-refractivity contribution in [3.63, 3.8) is 0 Å². The number of hydrogen-bond donors (Lipinski definition) is 1. The van der Waals surface area contributed by atoms with Crippen molar-refractivity contribution in [2.75, 3.05) is 36.4 Å². The van der Waals surface area contributed by atoms with E-state index in [-0.39, 0.29) is 11.9 Å². The molecule has 25 heavy (non-hydrogen) atoms. The number of piperazine rings is 1. The molecule has 1 aliphatic rings. The second kappa shape index (κ2) is 7.89. The summed E-state index contributed by atoms with van der Waals surface area (Å²) in [5.41, 5.74) is 3.25. The summed E-state index contributed by atoms with van der Waals surface area (Å²) in [4.78, 5) is 17.2. The molecule has 2 aromatic carbocycles. The molecule has 5 heteroatoms. The van der Waals surface area contributed by atoms with Crippen molar-refractivity contribution in [1.82, 2.24) is 4.90 Å². The zero-order valence-electron chi connectivity index (χ0n) is 14.7. The summed E-state index contributed by atoms with van der Waals surface area (Å²) in [6.45, 7) is 7.68. The minimum absolute atomic E-state index is 0.0163. The van der Waals surface area contributed by atoms with E-state index in [9.17, 15) is 4.79 Å². The molecule has 0 saturated carbocycles. The van der Waals surface area contributed by atoms with Crippen LogP contribution in [0.15, 0.2) is 48.5 Å². The number of carbonyl (C=O) groups excluding carboxylic acids is 1. The molecule has 1 fully saturated rings. The molecular formula is C20H24ClN3O. The third kappa shape index (κ3) is 4.14. The molecule has 0 radical (unpaired) electrons. The summed E-state index contributed by atoms with van der Waals surface area (Å²) in [7, 11) is 0. The van der Waals surface area contributed by atoms with Gasteiger partial charge in [0.25, 0.3) is 0 Å². The van der Waals surface area contributed by atoms with Crippen molar-refractivity contribution in [1.29, 1.82) is 0 Å². The molecule has 1 unspecified atom stereocenters. The summed E-state index contributed by atoms with van der Waals surface area (Å²) in [6.07, 6.45) is 0. The SMILES string of the molecule is Cc1ccccc1N1CCN(C(C)C(=O)Nc2ccccc2Cl)CC1. The van der Waals surface area contributed by atoms with Gasteiger partial charge in [0.15, 0.2) is 0 Å². The number of rotatable bonds is 4. The zero-order chi connectivity index (χ0) is 17.8. The highest BCUT2D eigenvalue weighted by Crippen LogP contribution is 2.23. The van der Waals surface area contributed by atoms with Crippen LogP contribution in [0.4, 0.5) is 11.4 Å². The largest absolute Gasteiger partial charge is 0.369 e. The molecule has 0 aliphatic carbocycles. The van der Waals surface area contributed by atoms with E-state index < -0.39 is 0 Å². The fourth-order valence-electron chi connectivity index (χ4n) is 3.23. The second-order valence-corrected chi connectivity index (χ2v) is 6.86. The number of nitrogens with zero attached hydrogens (tertiary/aromatic N) is 2. The molecule has 2 aromatic rings. The number of carbonyl (C=O) groups is 1. The predicted molar refractivity (Wildman–Crippen MR) is 105 cm³/mol. The molecule has 1 saturated heterocycles. The Kier molecular flexibility index (Phi) is 5.61. The van der Waals surface area contributed by atoms with Crippen molar-refractivity contribution >= 4 is 28.9 Å². The molecule has 132 valence electrons. The Hall–Kier alpha value is -2.04. The van der Waals surface area contributed by atoms with Crippen LogP contribution in [0.1, 0.15) is 12.5 Å². The van der Waals surface area contributed by atoms with Gasteiger partial charge in [0, 0.05) is 31.9 Å². The zero-order valence-corrected chi connectivity index (χ0v) is 15.5. The van der Waals surface area contributed by atoms with Crippen molar-refractivity contribution in [2.45, 2.75) is 19.9 Å². The Balaban J connectivity index is 1.58. The van der Waals surface area contributed by atoms with Gasteiger partial charge in [-0.05, 0) is 37.6 Å². The number of halogens is 1. The summed E-state index contributed by atoms with van der Waals surface area (Å²) in [6, 6.07) is 15.6. The van der Waals surface area contributed by atoms with Crippen molar-refractivity contribution in [3.05, 3.63) is 59.1 Å². The van der Waals surface area contributed by atoms with E-state index >= 15 is 0 Å². The minimum Gasteiger partial charge on any atom is -0.369 e. The number of nitrogens with one attached hydrogen (secondary N) is 1. The van der Waals surface area contributed by atoms with E-state index in [1.165, 1.54) is 11.3 Å². The molecule has 1 aliphatic heterocycles. The van der Waals surface area contributed by atoms with E-state index in [1.807, 2.05) is 25.1 Å². The van der Waals surface area contributed by atoms with Crippen LogP contribution < -0.4 is 10.2 Å². The number of amides is 1. The Labute approximate surface area is 154 Å². The first-order valence-electron chi connectivity index (χ1n) is 8.66. The number of para-hydroxylation sites is 2. The van der Waals surface area contributed by atoms with Crippen LogP contribution in [0, 0.1) is 6.92 Å². The van der Waals surface area contributed by atoms with Crippen LogP contribution in [-0.4, -0.2) is 43.0 Å². The summed E-state index contributed by atoms with van der Waals surface area (Å²) in [5, 5.41) is 3.50. The standard InChI is InChI=1S/C20H24ClN3O/c1-15-7-3-6-10-19(15)24-13-11-23(12-14-24)16(2)20(25)22-18-9-5-4-8-17(18)21/h3-10,16H,11-14H2,1-2H3,(H,22,25). The molecule has 3 rings (SSSR count). The van der Waals surface area contributed by atoms with Gasteiger partial charge in [-0.1, -0.05) is 41.9 Å². The van der Waals surface area contributed by atoms with E-state index in [0.717, 1.165) is 26.2 Å². The van der Waals surface area contributed by atoms with Gasteiger partial charge in [-0.2, -0.15) is 0 Å². The number of anilines is 2. The third-order valence-corrected chi connectivity index (χ3v) is 5.16. The quantitative estimate of drug-likeness (QED) is 0.904. The van der Waals surface area contributed by atoms with Crippen molar-refractivity contribution in [2.24, 2.45) is 0 Å². The lowest BCUT2D eigenvalue weighted by molar-refractivity contribution is -0.120. The number of aryl methyl sites for hydroxylation is 1. The molecule has 0 spiro atoms. The molecule has 1 heterocycles. The topological polar surface area (TPSA) is 35.6 Å². The first kappa shape index (κ1) is 17.8. The number of hydrogen-bond acceptors (Lipinski definition) is 3. The maximum Gasteiger partial charge on any atom is 0.241 e. The minimum atomic E-state index is -0.185. The maximum absolute atomic E-state index is 12.5. The van der Waals surface area contributed by atoms with Crippen LogP contribution in [0.5, 0.6) is 0 Å². The van der Waals surface area contributed by atoms with Crippen LogP contribution in [0.2, 0.25) is 5.02 Å². The highest BCUT2D eigenvalue weighted by Gasteiger charge is 2.26. The molecule has 1 N–H and O–H groups in total. The second-order valence-electron chi connectivity index (χ2n) is 6.45. The normalized spacial score (nSPS) is 16.5. The van der Waals surface area contributed by atoms with Gasteiger partial charge in [-0.25, -0.2) is 0 Å². The average molecular weight is 358 g/mol. The van der Waals surface area contributed by atoms with Gasteiger partial charge < -0.3 is 10.2 Å². The Bertz CT molecular complexity index is 741.